The molecule has 0 aliphatic carbocycles. The fourth-order valence-corrected chi connectivity index (χ4v) is 3.06. The van der Waals surface area contributed by atoms with Crippen LogP contribution in [0.2, 0.25) is 0 Å². The summed E-state index contributed by atoms with van der Waals surface area (Å²) in [6.45, 7) is 8.60. The molecular formula is C20H26N2O4. The molecule has 1 aromatic carbocycles. The second kappa shape index (κ2) is 7.60. The van der Waals surface area contributed by atoms with Gasteiger partial charge in [0.2, 0.25) is 5.89 Å². The van der Waals surface area contributed by atoms with Gasteiger partial charge in [0.05, 0.1) is 25.9 Å². The first-order chi connectivity index (χ1) is 12.4. The highest BCUT2D eigenvalue weighted by Crippen LogP contribution is 2.33. The van der Waals surface area contributed by atoms with E-state index < -0.39 is 5.97 Å². The van der Waals surface area contributed by atoms with Crippen molar-refractivity contribution in [3.05, 3.63) is 53.7 Å². The largest absolute Gasteiger partial charge is 0.464 e. The molecule has 0 unspecified atom stereocenters. The standard InChI is InChI=1S/C20H26N2O4/c1-20(2,3)17-11-22(10-16(26-17)14-8-6-5-7-9-14)12-18-21-15(13-25-18)19(23)24-4/h5-9,13,16-17H,10-12H2,1-4H3/t16-,17+/m0/s1. The molecule has 0 N–H and O–H groups in total. The highest BCUT2D eigenvalue weighted by molar-refractivity contribution is 5.86. The first-order valence-electron chi connectivity index (χ1n) is 8.82. The third kappa shape index (κ3) is 4.31. The zero-order chi connectivity index (χ0) is 18.7. The predicted octanol–water partition coefficient (Wildman–Crippen LogP) is 3.45. The van der Waals surface area contributed by atoms with Gasteiger partial charge in [-0.3, -0.25) is 4.90 Å². The van der Waals surface area contributed by atoms with Crippen molar-refractivity contribution in [2.45, 2.75) is 39.5 Å². The Bertz CT molecular complexity index is 736. The Kier molecular flexibility index (Phi) is 5.44. The van der Waals surface area contributed by atoms with Crippen LogP contribution in [-0.4, -0.2) is 42.2 Å². The van der Waals surface area contributed by atoms with Crippen molar-refractivity contribution in [1.29, 1.82) is 0 Å². The van der Waals surface area contributed by atoms with Gasteiger partial charge in [0, 0.05) is 13.1 Å². The van der Waals surface area contributed by atoms with E-state index in [1.54, 1.807) is 0 Å². The summed E-state index contributed by atoms with van der Waals surface area (Å²) in [6.07, 6.45) is 1.41. The van der Waals surface area contributed by atoms with Crippen LogP contribution in [0.15, 0.2) is 41.0 Å². The molecule has 0 amide bonds. The minimum atomic E-state index is -0.489. The highest BCUT2D eigenvalue weighted by atomic mass is 16.5. The molecule has 2 heterocycles. The van der Waals surface area contributed by atoms with Gasteiger partial charge in [-0.05, 0) is 11.0 Å². The maximum absolute atomic E-state index is 11.6. The molecule has 3 rings (SSSR count). The smallest absolute Gasteiger partial charge is 0.360 e. The molecule has 0 spiro atoms. The second-order valence-electron chi connectivity index (χ2n) is 7.70. The van der Waals surface area contributed by atoms with E-state index >= 15 is 0 Å². The van der Waals surface area contributed by atoms with Gasteiger partial charge in [0.25, 0.3) is 0 Å². The first kappa shape index (κ1) is 18.6. The van der Waals surface area contributed by atoms with Crippen LogP contribution >= 0.6 is 0 Å². The lowest BCUT2D eigenvalue weighted by Crippen LogP contribution is -2.48. The zero-order valence-electron chi connectivity index (χ0n) is 15.8. The van der Waals surface area contributed by atoms with Crippen molar-refractivity contribution in [3.8, 4) is 0 Å². The van der Waals surface area contributed by atoms with Crippen molar-refractivity contribution >= 4 is 5.97 Å². The van der Waals surface area contributed by atoms with Crippen molar-refractivity contribution in [1.82, 2.24) is 9.88 Å². The number of carbonyl (C=O) groups is 1. The summed E-state index contributed by atoms with van der Waals surface area (Å²) >= 11 is 0. The third-order valence-electron chi connectivity index (χ3n) is 4.62. The highest BCUT2D eigenvalue weighted by Gasteiger charge is 2.36. The number of methoxy groups -OCH3 is 1. The van der Waals surface area contributed by atoms with Gasteiger partial charge in [-0.25, -0.2) is 9.78 Å². The van der Waals surface area contributed by atoms with E-state index in [1.807, 2.05) is 18.2 Å². The van der Waals surface area contributed by atoms with Crippen LogP contribution in [0.3, 0.4) is 0 Å². The molecule has 0 bridgehead atoms. The van der Waals surface area contributed by atoms with E-state index in [2.05, 4.69) is 47.5 Å². The SMILES string of the molecule is COC(=O)c1coc(CN2C[C@@H](c3ccccc3)O[C@@H](C(C)(C)C)C2)n1. The third-order valence-corrected chi connectivity index (χ3v) is 4.62. The van der Waals surface area contributed by atoms with E-state index in [4.69, 9.17) is 9.15 Å². The number of morpholine rings is 1. The Labute approximate surface area is 154 Å². The number of aromatic nitrogens is 1. The Morgan fingerprint density at radius 1 is 1.27 bits per heavy atom. The van der Waals surface area contributed by atoms with Gasteiger partial charge >= 0.3 is 5.97 Å². The van der Waals surface area contributed by atoms with Crippen LogP contribution in [0.25, 0.3) is 0 Å². The zero-order valence-corrected chi connectivity index (χ0v) is 15.8. The lowest BCUT2D eigenvalue weighted by molar-refractivity contribution is -0.132. The number of ether oxygens (including phenoxy) is 2. The molecule has 2 atom stereocenters. The average Bonchev–Trinajstić information content (AvgIpc) is 3.09. The predicted molar refractivity (Wildman–Crippen MR) is 96.6 cm³/mol. The fourth-order valence-electron chi connectivity index (χ4n) is 3.06. The molecule has 6 nitrogen and oxygen atoms in total. The van der Waals surface area contributed by atoms with Gasteiger partial charge in [0.15, 0.2) is 5.69 Å². The summed E-state index contributed by atoms with van der Waals surface area (Å²) in [7, 11) is 1.33. The van der Waals surface area contributed by atoms with Crippen molar-refractivity contribution < 1.29 is 18.7 Å². The molecule has 6 heteroatoms. The normalized spacial score (nSPS) is 21.5. The van der Waals surface area contributed by atoms with E-state index in [1.165, 1.54) is 13.4 Å². The lowest BCUT2D eigenvalue weighted by Gasteiger charge is -2.43. The van der Waals surface area contributed by atoms with E-state index in [0.717, 1.165) is 18.7 Å². The van der Waals surface area contributed by atoms with Crippen LogP contribution < -0.4 is 0 Å². The number of rotatable bonds is 4. The fraction of sp³-hybridized carbons (Fsp3) is 0.500. The van der Waals surface area contributed by atoms with Crippen LogP contribution in [0, 0.1) is 5.41 Å². The van der Waals surface area contributed by atoms with Crippen molar-refractivity contribution in [2.75, 3.05) is 20.2 Å². The number of esters is 1. The molecule has 1 aromatic heterocycles. The van der Waals surface area contributed by atoms with Gasteiger partial charge < -0.3 is 13.9 Å². The summed E-state index contributed by atoms with van der Waals surface area (Å²) in [5.41, 5.74) is 1.37. The van der Waals surface area contributed by atoms with Gasteiger partial charge in [-0.15, -0.1) is 0 Å². The van der Waals surface area contributed by atoms with Crippen molar-refractivity contribution in [2.24, 2.45) is 5.41 Å². The second-order valence-corrected chi connectivity index (χ2v) is 7.70. The molecule has 1 saturated heterocycles. The summed E-state index contributed by atoms with van der Waals surface area (Å²) in [6, 6.07) is 10.2. The summed E-state index contributed by atoms with van der Waals surface area (Å²) in [5, 5.41) is 0. The van der Waals surface area contributed by atoms with Crippen LogP contribution in [0.4, 0.5) is 0 Å². The quantitative estimate of drug-likeness (QED) is 0.780. The number of oxazole rings is 1. The van der Waals surface area contributed by atoms with Gasteiger partial charge in [-0.2, -0.15) is 0 Å². The Balaban J connectivity index is 1.77. The Morgan fingerprint density at radius 3 is 2.65 bits per heavy atom. The molecule has 1 aliphatic rings. The summed E-state index contributed by atoms with van der Waals surface area (Å²) < 4.78 is 16.5. The van der Waals surface area contributed by atoms with E-state index in [9.17, 15) is 4.79 Å². The molecule has 0 radical (unpaired) electrons. The maximum atomic E-state index is 11.6. The topological polar surface area (TPSA) is 64.8 Å². The van der Waals surface area contributed by atoms with Crippen LogP contribution in [0.5, 0.6) is 0 Å². The number of hydrogen-bond donors (Lipinski definition) is 0. The van der Waals surface area contributed by atoms with Crippen LogP contribution in [-0.2, 0) is 16.0 Å². The number of hydrogen-bond acceptors (Lipinski definition) is 6. The number of benzene rings is 1. The first-order valence-corrected chi connectivity index (χ1v) is 8.82. The molecule has 140 valence electrons. The summed E-state index contributed by atoms with van der Waals surface area (Å²) in [5.74, 6) is 0.0171. The van der Waals surface area contributed by atoms with E-state index in [0.29, 0.717) is 12.4 Å². The molecule has 0 saturated carbocycles. The minimum Gasteiger partial charge on any atom is -0.464 e. The molecule has 2 aromatic rings. The Hall–Kier alpha value is -2.18. The molecule has 1 aliphatic heterocycles. The summed E-state index contributed by atoms with van der Waals surface area (Å²) in [4.78, 5) is 18.1. The van der Waals surface area contributed by atoms with E-state index in [-0.39, 0.29) is 23.3 Å². The van der Waals surface area contributed by atoms with Crippen molar-refractivity contribution in [3.63, 3.8) is 0 Å². The lowest BCUT2D eigenvalue weighted by atomic mass is 9.87. The Morgan fingerprint density at radius 2 is 2.00 bits per heavy atom. The molecule has 1 fully saturated rings. The van der Waals surface area contributed by atoms with Gasteiger partial charge in [-0.1, -0.05) is 51.1 Å². The molecular weight excluding hydrogens is 332 g/mol. The number of nitrogens with zero attached hydrogens (tertiary/aromatic N) is 2. The monoisotopic (exact) mass is 358 g/mol. The maximum Gasteiger partial charge on any atom is 0.360 e. The minimum absolute atomic E-state index is 0.00999. The van der Waals surface area contributed by atoms with Crippen LogP contribution in [0.1, 0.15) is 48.8 Å². The average molecular weight is 358 g/mol. The number of carbonyl (C=O) groups excluding carboxylic acids is 1. The van der Waals surface area contributed by atoms with Gasteiger partial charge in [0.1, 0.15) is 6.26 Å². The molecule has 26 heavy (non-hydrogen) atoms.